The van der Waals surface area contributed by atoms with Crippen LogP contribution in [0.2, 0.25) is 0 Å². The van der Waals surface area contributed by atoms with Crippen molar-refractivity contribution < 1.29 is 4.79 Å². The smallest absolute Gasteiger partial charge is 0.151 e. The number of Topliss-reactive ketones (excluding diaryl/α,β-unsaturated/α-hetero) is 1. The van der Waals surface area contributed by atoms with E-state index in [-0.39, 0.29) is 0 Å². The van der Waals surface area contributed by atoms with Crippen LogP contribution in [0, 0.1) is 5.92 Å². The molecule has 2 aliphatic rings. The number of nitrogens with one attached hydrogen (secondary N) is 1. The Morgan fingerprint density at radius 3 is 3.27 bits per heavy atom. The lowest BCUT2D eigenvalue weighted by molar-refractivity contribution is -0.120. The molecule has 62 valence electrons. The van der Waals surface area contributed by atoms with E-state index in [1.807, 2.05) is 0 Å². The molecule has 2 unspecified atom stereocenters. The Morgan fingerprint density at radius 2 is 2.45 bits per heavy atom. The van der Waals surface area contributed by atoms with Crippen LogP contribution >= 0.6 is 0 Å². The van der Waals surface area contributed by atoms with Crippen LogP contribution in [-0.4, -0.2) is 43.4 Å². The van der Waals surface area contributed by atoms with Crippen LogP contribution in [0.4, 0.5) is 0 Å². The number of likely N-dealkylation sites (tertiary alicyclic amines) is 1. The van der Waals surface area contributed by atoms with Crippen molar-refractivity contribution in [2.24, 2.45) is 5.92 Å². The quantitative estimate of drug-likeness (QED) is 0.509. The highest BCUT2D eigenvalue weighted by Gasteiger charge is 2.37. The third kappa shape index (κ3) is 1.19. The lowest BCUT2D eigenvalue weighted by Gasteiger charge is -2.30. The molecule has 2 saturated heterocycles. The number of rotatable bonds is 0. The van der Waals surface area contributed by atoms with Crippen molar-refractivity contribution in [3.05, 3.63) is 0 Å². The molecule has 0 aromatic rings. The Kier molecular flexibility index (Phi) is 1.69. The SMILES string of the molecule is CN1CCC2C(=O)CNC2C1. The third-order valence-electron chi connectivity index (χ3n) is 2.77. The molecular weight excluding hydrogens is 140 g/mol. The summed E-state index contributed by atoms with van der Waals surface area (Å²) >= 11 is 0. The second kappa shape index (κ2) is 2.57. The van der Waals surface area contributed by atoms with Gasteiger partial charge < -0.3 is 10.2 Å². The van der Waals surface area contributed by atoms with Crippen LogP contribution < -0.4 is 5.32 Å². The number of hydrogen-bond donors (Lipinski definition) is 1. The van der Waals surface area contributed by atoms with Crippen molar-refractivity contribution in [1.29, 1.82) is 0 Å². The van der Waals surface area contributed by atoms with Crippen molar-refractivity contribution in [3.63, 3.8) is 0 Å². The van der Waals surface area contributed by atoms with Crippen molar-refractivity contribution in [2.45, 2.75) is 12.5 Å². The summed E-state index contributed by atoms with van der Waals surface area (Å²) in [6, 6.07) is 0.446. The van der Waals surface area contributed by atoms with Crippen molar-refractivity contribution in [1.82, 2.24) is 10.2 Å². The molecule has 2 atom stereocenters. The molecule has 2 rings (SSSR count). The van der Waals surface area contributed by atoms with Gasteiger partial charge in [-0.05, 0) is 20.0 Å². The van der Waals surface area contributed by atoms with Crippen molar-refractivity contribution in [2.75, 3.05) is 26.7 Å². The molecule has 1 N–H and O–H groups in total. The van der Waals surface area contributed by atoms with Crippen LogP contribution in [0.25, 0.3) is 0 Å². The maximum atomic E-state index is 11.2. The second-order valence-corrected chi connectivity index (χ2v) is 3.61. The molecule has 0 bridgehead atoms. The molecule has 11 heavy (non-hydrogen) atoms. The molecule has 2 fully saturated rings. The highest BCUT2D eigenvalue weighted by Crippen LogP contribution is 2.21. The van der Waals surface area contributed by atoms with E-state index in [4.69, 9.17) is 0 Å². The molecule has 0 aromatic heterocycles. The number of carbonyl (C=O) groups excluding carboxylic acids is 1. The zero-order valence-electron chi connectivity index (χ0n) is 6.84. The molecule has 2 heterocycles. The molecule has 3 heteroatoms. The van der Waals surface area contributed by atoms with Gasteiger partial charge in [-0.2, -0.15) is 0 Å². The van der Waals surface area contributed by atoms with E-state index in [2.05, 4.69) is 17.3 Å². The van der Waals surface area contributed by atoms with E-state index in [9.17, 15) is 4.79 Å². The Morgan fingerprint density at radius 1 is 1.64 bits per heavy atom. The molecule has 0 aliphatic carbocycles. The summed E-state index contributed by atoms with van der Waals surface area (Å²) in [5, 5.41) is 3.25. The maximum Gasteiger partial charge on any atom is 0.151 e. The summed E-state index contributed by atoms with van der Waals surface area (Å²) in [6.07, 6.45) is 1.05. The van der Waals surface area contributed by atoms with Gasteiger partial charge in [-0.15, -0.1) is 0 Å². The van der Waals surface area contributed by atoms with E-state index < -0.39 is 0 Å². The van der Waals surface area contributed by atoms with E-state index in [1.54, 1.807) is 0 Å². The lowest BCUT2D eigenvalue weighted by atomic mass is 9.92. The van der Waals surface area contributed by atoms with Gasteiger partial charge >= 0.3 is 0 Å². The highest BCUT2D eigenvalue weighted by molar-refractivity contribution is 5.86. The number of piperidine rings is 1. The van der Waals surface area contributed by atoms with E-state index >= 15 is 0 Å². The minimum atomic E-state index is 0.325. The Hall–Kier alpha value is -0.410. The van der Waals surface area contributed by atoms with E-state index in [0.29, 0.717) is 24.3 Å². The van der Waals surface area contributed by atoms with E-state index in [1.165, 1.54) is 0 Å². The fourth-order valence-corrected chi connectivity index (χ4v) is 2.07. The number of carbonyl (C=O) groups is 1. The largest absolute Gasteiger partial charge is 0.305 e. The summed E-state index contributed by atoms with van der Waals surface area (Å²) in [5.74, 6) is 0.745. The summed E-state index contributed by atoms with van der Waals surface area (Å²) in [6.45, 7) is 2.72. The molecular formula is C8H14N2O. The zero-order valence-corrected chi connectivity index (χ0v) is 6.84. The van der Waals surface area contributed by atoms with Crippen LogP contribution in [0.15, 0.2) is 0 Å². The van der Waals surface area contributed by atoms with E-state index in [0.717, 1.165) is 19.5 Å². The van der Waals surface area contributed by atoms with Gasteiger partial charge in [0, 0.05) is 18.5 Å². The minimum Gasteiger partial charge on any atom is -0.305 e. The topological polar surface area (TPSA) is 32.3 Å². The van der Waals surface area contributed by atoms with Crippen LogP contribution in [-0.2, 0) is 4.79 Å². The molecule has 0 aromatic carbocycles. The van der Waals surface area contributed by atoms with Gasteiger partial charge in [0.15, 0.2) is 5.78 Å². The van der Waals surface area contributed by atoms with Gasteiger partial charge in [-0.3, -0.25) is 4.79 Å². The monoisotopic (exact) mass is 154 g/mol. The first-order valence-corrected chi connectivity index (χ1v) is 4.22. The Labute approximate surface area is 66.8 Å². The van der Waals surface area contributed by atoms with Crippen LogP contribution in [0.1, 0.15) is 6.42 Å². The first-order valence-electron chi connectivity index (χ1n) is 4.22. The van der Waals surface area contributed by atoms with Gasteiger partial charge in [0.2, 0.25) is 0 Å². The van der Waals surface area contributed by atoms with Gasteiger partial charge in [0.05, 0.1) is 6.54 Å². The number of likely N-dealkylation sites (N-methyl/N-ethyl adjacent to an activating group) is 1. The number of fused-ring (bicyclic) bond motifs is 1. The highest BCUT2D eigenvalue weighted by atomic mass is 16.1. The van der Waals surface area contributed by atoms with Crippen molar-refractivity contribution in [3.8, 4) is 0 Å². The lowest BCUT2D eigenvalue weighted by Crippen LogP contribution is -2.45. The first kappa shape index (κ1) is 7.25. The molecule has 2 aliphatic heterocycles. The first-order chi connectivity index (χ1) is 5.27. The molecule has 0 saturated carbocycles. The predicted molar refractivity (Wildman–Crippen MR) is 42.4 cm³/mol. The summed E-state index contributed by atoms with van der Waals surface area (Å²) in [7, 11) is 2.11. The van der Waals surface area contributed by atoms with Gasteiger partial charge in [0.25, 0.3) is 0 Å². The maximum absolute atomic E-state index is 11.2. The fraction of sp³-hybridized carbons (Fsp3) is 0.875. The normalized spacial score (nSPS) is 39.2. The summed E-state index contributed by atoms with van der Waals surface area (Å²) < 4.78 is 0. The predicted octanol–water partition coefficient (Wildman–Crippen LogP) is -0.521. The number of hydrogen-bond acceptors (Lipinski definition) is 3. The molecule has 3 nitrogen and oxygen atoms in total. The summed E-state index contributed by atoms with van der Waals surface area (Å²) in [4.78, 5) is 13.5. The van der Waals surface area contributed by atoms with Gasteiger partial charge in [0.1, 0.15) is 0 Å². The molecule has 0 spiro atoms. The second-order valence-electron chi connectivity index (χ2n) is 3.61. The zero-order chi connectivity index (χ0) is 7.84. The Balaban J connectivity index is 2.06. The third-order valence-corrected chi connectivity index (χ3v) is 2.77. The van der Waals surface area contributed by atoms with Gasteiger partial charge in [-0.25, -0.2) is 0 Å². The molecule has 0 radical (unpaired) electrons. The van der Waals surface area contributed by atoms with Crippen LogP contribution in [0.3, 0.4) is 0 Å². The van der Waals surface area contributed by atoms with Crippen molar-refractivity contribution >= 4 is 5.78 Å². The van der Waals surface area contributed by atoms with Gasteiger partial charge in [-0.1, -0.05) is 0 Å². The standard InChI is InChI=1S/C8H14N2O/c1-10-3-2-6-7(5-10)9-4-8(6)11/h6-7,9H,2-5H2,1H3. The molecule has 0 amide bonds. The fourth-order valence-electron chi connectivity index (χ4n) is 2.07. The summed E-state index contributed by atoms with van der Waals surface area (Å²) in [5.41, 5.74) is 0. The average molecular weight is 154 g/mol. The minimum absolute atomic E-state index is 0.325. The number of ketones is 1. The Bertz CT molecular complexity index is 181. The van der Waals surface area contributed by atoms with Crippen LogP contribution in [0.5, 0.6) is 0 Å². The number of nitrogens with zero attached hydrogens (tertiary/aromatic N) is 1. The average Bonchev–Trinajstić information content (AvgIpc) is 2.32.